The molecule has 0 aliphatic rings. The molecule has 0 radical (unpaired) electrons. The molecule has 2 nitrogen and oxygen atoms in total. The lowest BCUT2D eigenvalue weighted by Gasteiger charge is -2.12. The Labute approximate surface area is 98.0 Å². The second-order valence-electron chi connectivity index (χ2n) is 4.12. The van der Waals surface area contributed by atoms with Gasteiger partial charge in [0.15, 0.2) is 0 Å². The monoisotopic (exact) mass is 219 g/mol. The van der Waals surface area contributed by atoms with Crippen LogP contribution in [-0.2, 0) is 0 Å². The number of hydrogen-bond acceptors (Lipinski definition) is 2. The number of aliphatic imine (C=N–C) groups is 1. The zero-order chi connectivity index (χ0) is 12.1. The van der Waals surface area contributed by atoms with Crippen LogP contribution in [0.15, 0.2) is 23.2 Å². The van der Waals surface area contributed by atoms with E-state index in [1.807, 2.05) is 19.9 Å². The fraction of sp³-hybridized carbons (Fsp3) is 0.500. The van der Waals surface area contributed by atoms with Crippen LogP contribution in [0.4, 0.5) is 5.69 Å². The minimum Gasteiger partial charge on any atom is -0.387 e. The Morgan fingerprint density at radius 3 is 2.25 bits per heavy atom. The zero-order valence-electron chi connectivity index (χ0n) is 10.6. The fourth-order valence-corrected chi connectivity index (χ4v) is 1.75. The van der Waals surface area contributed by atoms with Crippen LogP contribution in [0, 0.1) is 13.8 Å². The maximum atomic E-state index is 9.83. The number of aryl methyl sites for hydroxylation is 2. The van der Waals surface area contributed by atoms with Gasteiger partial charge in [-0.3, -0.25) is 4.99 Å². The van der Waals surface area contributed by atoms with Crippen molar-refractivity contribution in [3.63, 3.8) is 0 Å². The van der Waals surface area contributed by atoms with Crippen molar-refractivity contribution in [2.24, 2.45) is 4.99 Å². The predicted molar refractivity (Wildman–Crippen MR) is 69.6 cm³/mol. The Balaban J connectivity index is 3.13. The molecule has 0 spiro atoms. The van der Waals surface area contributed by atoms with Crippen LogP contribution < -0.4 is 0 Å². The van der Waals surface area contributed by atoms with Crippen molar-refractivity contribution in [3.05, 3.63) is 29.3 Å². The molecule has 0 fully saturated rings. The minimum atomic E-state index is -0.413. The molecule has 0 amide bonds. The number of nitrogens with zero attached hydrogens (tertiary/aromatic N) is 1. The molecule has 0 bridgehead atoms. The van der Waals surface area contributed by atoms with Gasteiger partial charge in [0.05, 0.1) is 11.8 Å². The largest absolute Gasteiger partial charge is 0.387 e. The maximum absolute atomic E-state index is 9.83. The quantitative estimate of drug-likeness (QED) is 0.772. The third-order valence-electron chi connectivity index (χ3n) is 2.83. The van der Waals surface area contributed by atoms with Crippen molar-refractivity contribution in [1.29, 1.82) is 0 Å². The molecule has 0 saturated carbocycles. The number of aliphatic hydroxyl groups excluding tert-OH is 1. The molecule has 0 saturated heterocycles. The van der Waals surface area contributed by atoms with Gasteiger partial charge in [-0.1, -0.05) is 32.0 Å². The lowest BCUT2D eigenvalue weighted by atomic mass is 10.1. The Bertz CT molecular complexity index is 362. The van der Waals surface area contributed by atoms with Crippen molar-refractivity contribution in [1.82, 2.24) is 0 Å². The number of hydrogen-bond donors (Lipinski definition) is 1. The zero-order valence-corrected chi connectivity index (χ0v) is 10.6. The average Bonchev–Trinajstić information content (AvgIpc) is 2.28. The first-order chi connectivity index (χ1) is 7.60. The standard InChI is InChI=1S/C14H21NO/c1-5-12(13(16)6-2)15-14-10(3)8-7-9-11(14)4/h7-9,13,16H,5-6H2,1-4H3. The highest BCUT2D eigenvalue weighted by Gasteiger charge is 2.09. The van der Waals surface area contributed by atoms with E-state index in [-0.39, 0.29) is 0 Å². The van der Waals surface area contributed by atoms with Crippen molar-refractivity contribution >= 4 is 11.4 Å². The molecule has 0 aliphatic heterocycles. The van der Waals surface area contributed by atoms with E-state index in [0.29, 0.717) is 0 Å². The normalized spacial score (nSPS) is 13.9. The molecule has 1 aromatic rings. The third kappa shape index (κ3) is 2.92. The molecular weight excluding hydrogens is 198 g/mol. The summed E-state index contributed by atoms with van der Waals surface area (Å²) < 4.78 is 0. The highest BCUT2D eigenvalue weighted by atomic mass is 16.3. The lowest BCUT2D eigenvalue weighted by molar-refractivity contribution is 0.235. The summed E-state index contributed by atoms with van der Waals surface area (Å²) in [5, 5.41) is 9.83. The lowest BCUT2D eigenvalue weighted by Crippen LogP contribution is -2.18. The molecule has 1 rings (SSSR count). The van der Waals surface area contributed by atoms with Crippen LogP contribution in [0.1, 0.15) is 37.8 Å². The molecular formula is C14H21NO. The molecule has 0 aliphatic carbocycles. The summed E-state index contributed by atoms with van der Waals surface area (Å²) in [6, 6.07) is 6.14. The van der Waals surface area contributed by atoms with E-state index >= 15 is 0 Å². The number of para-hydroxylation sites is 1. The SMILES string of the molecule is CCC(=Nc1c(C)cccc1C)C(O)CC. The van der Waals surface area contributed by atoms with Gasteiger partial charge in [0.2, 0.25) is 0 Å². The van der Waals surface area contributed by atoms with E-state index in [1.54, 1.807) is 0 Å². The van der Waals surface area contributed by atoms with Crippen LogP contribution in [0.3, 0.4) is 0 Å². The average molecular weight is 219 g/mol. The van der Waals surface area contributed by atoms with E-state index in [2.05, 4.69) is 31.0 Å². The third-order valence-corrected chi connectivity index (χ3v) is 2.83. The van der Waals surface area contributed by atoms with Crippen LogP contribution >= 0.6 is 0 Å². The van der Waals surface area contributed by atoms with Gasteiger partial charge >= 0.3 is 0 Å². The first-order valence-corrected chi connectivity index (χ1v) is 5.91. The van der Waals surface area contributed by atoms with Gasteiger partial charge in [0.25, 0.3) is 0 Å². The van der Waals surface area contributed by atoms with Crippen LogP contribution in [-0.4, -0.2) is 16.9 Å². The summed E-state index contributed by atoms with van der Waals surface area (Å²) in [6.45, 7) is 8.11. The highest BCUT2D eigenvalue weighted by molar-refractivity contribution is 5.91. The summed E-state index contributed by atoms with van der Waals surface area (Å²) in [7, 11) is 0. The summed E-state index contributed by atoms with van der Waals surface area (Å²) in [5.74, 6) is 0. The fourth-order valence-electron chi connectivity index (χ4n) is 1.75. The first-order valence-electron chi connectivity index (χ1n) is 5.91. The summed E-state index contributed by atoms with van der Waals surface area (Å²) >= 11 is 0. The van der Waals surface area contributed by atoms with Crippen molar-refractivity contribution in [3.8, 4) is 0 Å². The van der Waals surface area contributed by atoms with Gasteiger partial charge in [0, 0.05) is 5.71 Å². The van der Waals surface area contributed by atoms with Crippen LogP contribution in [0.5, 0.6) is 0 Å². The molecule has 2 heteroatoms. The molecule has 0 aromatic heterocycles. The van der Waals surface area contributed by atoms with Crippen molar-refractivity contribution in [2.75, 3.05) is 0 Å². The second kappa shape index (κ2) is 5.80. The van der Waals surface area contributed by atoms with Gasteiger partial charge in [0.1, 0.15) is 0 Å². The van der Waals surface area contributed by atoms with Gasteiger partial charge in [-0.25, -0.2) is 0 Å². The van der Waals surface area contributed by atoms with E-state index < -0.39 is 6.10 Å². The summed E-state index contributed by atoms with van der Waals surface area (Å²) in [6.07, 6.45) is 1.10. The number of aliphatic hydroxyl groups is 1. The smallest absolute Gasteiger partial charge is 0.0918 e. The van der Waals surface area contributed by atoms with Gasteiger partial charge < -0.3 is 5.11 Å². The van der Waals surface area contributed by atoms with Gasteiger partial charge in [-0.2, -0.15) is 0 Å². The van der Waals surface area contributed by atoms with Crippen LogP contribution in [0.2, 0.25) is 0 Å². The molecule has 1 unspecified atom stereocenters. The number of benzene rings is 1. The van der Waals surface area contributed by atoms with E-state index in [1.165, 1.54) is 0 Å². The Morgan fingerprint density at radius 2 is 1.81 bits per heavy atom. The van der Waals surface area contributed by atoms with E-state index in [4.69, 9.17) is 0 Å². The summed E-state index contributed by atoms with van der Waals surface area (Å²) in [5.41, 5.74) is 4.20. The minimum absolute atomic E-state index is 0.413. The molecule has 1 N–H and O–H groups in total. The van der Waals surface area contributed by atoms with Crippen LogP contribution in [0.25, 0.3) is 0 Å². The van der Waals surface area contributed by atoms with Crippen molar-refractivity contribution < 1.29 is 5.11 Å². The molecule has 1 aromatic carbocycles. The Hall–Kier alpha value is -1.15. The molecule has 16 heavy (non-hydrogen) atoms. The molecule has 88 valence electrons. The highest BCUT2D eigenvalue weighted by Crippen LogP contribution is 2.24. The maximum Gasteiger partial charge on any atom is 0.0918 e. The van der Waals surface area contributed by atoms with Gasteiger partial charge in [-0.05, 0) is 37.8 Å². The Morgan fingerprint density at radius 1 is 1.25 bits per heavy atom. The molecule has 1 atom stereocenters. The van der Waals surface area contributed by atoms with Gasteiger partial charge in [-0.15, -0.1) is 0 Å². The van der Waals surface area contributed by atoms with Crippen molar-refractivity contribution in [2.45, 2.75) is 46.6 Å². The number of rotatable bonds is 4. The second-order valence-corrected chi connectivity index (χ2v) is 4.12. The topological polar surface area (TPSA) is 32.6 Å². The van der Waals surface area contributed by atoms with E-state index in [0.717, 1.165) is 35.4 Å². The Kier molecular flexibility index (Phi) is 4.69. The molecule has 0 heterocycles. The predicted octanol–water partition coefficient (Wildman–Crippen LogP) is 3.56. The first kappa shape index (κ1) is 12.9. The summed E-state index contributed by atoms with van der Waals surface area (Å²) in [4.78, 5) is 4.61. The van der Waals surface area contributed by atoms with E-state index in [9.17, 15) is 5.11 Å².